The molecule has 0 radical (unpaired) electrons. The van der Waals surface area contributed by atoms with Crippen LogP contribution in [-0.2, 0) is 0 Å². The number of nitro groups is 1. The van der Waals surface area contributed by atoms with E-state index < -0.39 is 4.92 Å². The van der Waals surface area contributed by atoms with Gasteiger partial charge in [0.15, 0.2) is 5.78 Å². The van der Waals surface area contributed by atoms with Crippen LogP contribution < -0.4 is 0 Å². The fraction of sp³-hybridized carbons (Fsp3) is 0.222. The third-order valence-corrected chi connectivity index (χ3v) is 5.15. The summed E-state index contributed by atoms with van der Waals surface area (Å²) < 4.78 is 0. The summed E-state index contributed by atoms with van der Waals surface area (Å²) in [6, 6.07) is 8.26. The van der Waals surface area contributed by atoms with Gasteiger partial charge in [0, 0.05) is 41.3 Å². The Morgan fingerprint density at radius 1 is 1.32 bits per heavy atom. The van der Waals surface area contributed by atoms with Crippen LogP contribution in [0.2, 0.25) is 0 Å². The van der Waals surface area contributed by atoms with Gasteiger partial charge in [0.1, 0.15) is 5.01 Å². The SMILES string of the molecule is O=C(CC1CC1)c1cc(-c2csc(-c3cccc([N+](=O)[O-])c3)n2)c[nH]1. The Balaban J connectivity index is 1.57. The lowest BCUT2D eigenvalue weighted by atomic mass is 10.1. The molecule has 2 heterocycles. The highest BCUT2D eigenvalue weighted by Crippen LogP contribution is 2.34. The Morgan fingerprint density at radius 3 is 2.92 bits per heavy atom. The van der Waals surface area contributed by atoms with Crippen LogP contribution in [0.3, 0.4) is 0 Å². The van der Waals surface area contributed by atoms with Gasteiger partial charge in [-0.25, -0.2) is 4.98 Å². The Labute approximate surface area is 147 Å². The van der Waals surface area contributed by atoms with Crippen molar-refractivity contribution >= 4 is 22.8 Å². The highest BCUT2D eigenvalue weighted by Gasteiger charge is 2.25. The van der Waals surface area contributed by atoms with Gasteiger partial charge in [0.2, 0.25) is 0 Å². The van der Waals surface area contributed by atoms with Gasteiger partial charge >= 0.3 is 0 Å². The van der Waals surface area contributed by atoms with Crippen molar-refractivity contribution in [3.05, 3.63) is 57.7 Å². The van der Waals surface area contributed by atoms with E-state index in [1.54, 1.807) is 18.3 Å². The summed E-state index contributed by atoms with van der Waals surface area (Å²) in [6.07, 6.45) is 4.69. The standard InChI is InChI=1S/C18H15N3O3S/c22-17(6-11-4-5-11)15-8-13(9-19-15)16-10-25-18(20-16)12-2-1-3-14(7-12)21(23)24/h1-3,7-11,19H,4-6H2. The number of H-pyrrole nitrogens is 1. The molecule has 7 heteroatoms. The number of hydrogen-bond acceptors (Lipinski definition) is 5. The maximum atomic E-state index is 12.2. The molecule has 0 unspecified atom stereocenters. The van der Waals surface area contributed by atoms with Crippen molar-refractivity contribution in [2.45, 2.75) is 19.3 Å². The smallest absolute Gasteiger partial charge is 0.270 e. The monoisotopic (exact) mass is 353 g/mol. The van der Waals surface area contributed by atoms with E-state index in [1.807, 2.05) is 11.4 Å². The lowest BCUT2D eigenvalue weighted by Crippen LogP contribution is -1.99. The third-order valence-electron chi connectivity index (χ3n) is 4.26. The highest BCUT2D eigenvalue weighted by molar-refractivity contribution is 7.13. The topological polar surface area (TPSA) is 88.9 Å². The zero-order valence-corrected chi connectivity index (χ0v) is 14.1. The van der Waals surface area contributed by atoms with Crippen molar-refractivity contribution in [2.75, 3.05) is 0 Å². The predicted octanol–water partition coefficient (Wildman–Crippen LogP) is 4.70. The number of benzene rings is 1. The number of aromatic nitrogens is 2. The van der Waals surface area contributed by atoms with Gasteiger partial charge in [-0.2, -0.15) is 0 Å². The molecule has 1 N–H and O–H groups in total. The molecule has 0 spiro atoms. The second-order valence-corrected chi connectivity index (χ2v) is 7.08. The maximum Gasteiger partial charge on any atom is 0.270 e. The molecule has 1 aromatic carbocycles. The summed E-state index contributed by atoms with van der Waals surface area (Å²) in [4.78, 5) is 30.2. The van der Waals surface area contributed by atoms with Crippen LogP contribution in [0.4, 0.5) is 5.69 Å². The zero-order chi connectivity index (χ0) is 17.4. The summed E-state index contributed by atoms with van der Waals surface area (Å²) in [5.41, 5.74) is 2.99. The lowest BCUT2D eigenvalue weighted by Gasteiger charge is -1.96. The molecule has 1 aliphatic rings. The average Bonchev–Trinajstić information content (AvgIpc) is 3.12. The first-order chi connectivity index (χ1) is 12.1. The molecule has 6 nitrogen and oxygen atoms in total. The molecule has 0 atom stereocenters. The van der Waals surface area contributed by atoms with Crippen molar-refractivity contribution < 1.29 is 9.72 Å². The van der Waals surface area contributed by atoms with Crippen LogP contribution in [-0.4, -0.2) is 20.7 Å². The molecule has 1 saturated carbocycles. The maximum absolute atomic E-state index is 12.2. The van der Waals surface area contributed by atoms with Crippen LogP contribution in [0.5, 0.6) is 0 Å². The van der Waals surface area contributed by atoms with Gasteiger partial charge in [0.05, 0.1) is 16.3 Å². The molecule has 3 aromatic rings. The van der Waals surface area contributed by atoms with Crippen LogP contribution in [0.15, 0.2) is 41.9 Å². The fourth-order valence-electron chi connectivity index (χ4n) is 2.69. The second-order valence-electron chi connectivity index (χ2n) is 6.22. The van der Waals surface area contributed by atoms with Gasteiger partial charge < -0.3 is 4.98 Å². The number of hydrogen-bond donors (Lipinski definition) is 1. The van der Waals surface area contributed by atoms with Gasteiger partial charge in [-0.1, -0.05) is 12.1 Å². The number of rotatable bonds is 6. The number of nitrogens with zero attached hydrogens (tertiary/aromatic N) is 2. The van der Waals surface area contributed by atoms with Crippen LogP contribution >= 0.6 is 11.3 Å². The van der Waals surface area contributed by atoms with Crippen molar-refractivity contribution in [3.8, 4) is 21.8 Å². The van der Waals surface area contributed by atoms with Gasteiger partial charge in [-0.15, -0.1) is 11.3 Å². The van der Waals surface area contributed by atoms with Crippen molar-refractivity contribution in [1.82, 2.24) is 9.97 Å². The minimum Gasteiger partial charge on any atom is -0.358 e. The van der Waals surface area contributed by atoms with E-state index in [2.05, 4.69) is 9.97 Å². The van der Waals surface area contributed by atoms with E-state index in [4.69, 9.17) is 0 Å². The van der Waals surface area contributed by atoms with Crippen LogP contribution in [0.1, 0.15) is 29.8 Å². The number of non-ortho nitro benzene ring substituents is 1. The van der Waals surface area contributed by atoms with Gasteiger partial charge in [0.25, 0.3) is 5.69 Å². The minimum absolute atomic E-state index is 0.0452. The molecule has 126 valence electrons. The molecular weight excluding hydrogens is 338 g/mol. The normalized spacial score (nSPS) is 13.8. The van der Waals surface area contributed by atoms with Crippen molar-refractivity contribution in [2.24, 2.45) is 5.92 Å². The summed E-state index contributed by atoms with van der Waals surface area (Å²) in [5.74, 6) is 0.696. The van der Waals surface area contributed by atoms with E-state index >= 15 is 0 Å². The summed E-state index contributed by atoms with van der Waals surface area (Å²) in [6.45, 7) is 0. The molecule has 1 aliphatic carbocycles. The molecule has 0 amide bonds. The van der Waals surface area contributed by atoms with E-state index in [0.29, 0.717) is 28.6 Å². The van der Waals surface area contributed by atoms with E-state index in [-0.39, 0.29) is 11.5 Å². The van der Waals surface area contributed by atoms with Crippen LogP contribution in [0.25, 0.3) is 21.8 Å². The number of carbonyl (C=O) groups excluding carboxylic acids is 1. The molecule has 2 aromatic heterocycles. The van der Waals surface area contributed by atoms with Crippen LogP contribution in [0, 0.1) is 16.0 Å². The van der Waals surface area contributed by atoms with E-state index in [9.17, 15) is 14.9 Å². The molecule has 25 heavy (non-hydrogen) atoms. The highest BCUT2D eigenvalue weighted by atomic mass is 32.1. The molecule has 4 rings (SSSR count). The predicted molar refractivity (Wildman–Crippen MR) is 95.7 cm³/mol. The molecule has 1 fully saturated rings. The number of carbonyl (C=O) groups is 1. The lowest BCUT2D eigenvalue weighted by molar-refractivity contribution is -0.384. The van der Waals surface area contributed by atoms with E-state index in [0.717, 1.165) is 24.1 Å². The van der Waals surface area contributed by atoms with Gasteiger partial charge in [-0.05, 0) is 24.8 Å². The first-order valence-electron chi connectivity index (χ1n) is 8.02. The number of thiazole rings is 1. The van der Waals surface area contributed by atoms with Crippen molar-refractivity contribution in [1.29, 1.82) is 0 Å². The fourth-order valence-corrected chi connectivity index (χ4v) is 3.51. The Bertz CT molecular complexity index is 956. The Hall–Kier alpha value is -2.80. The molecule has 0 aliphatic heterocycles. The zero-order valence-electron chi connectivity index (χ0n) is 13.3. The van der Waals surface area contributed by atoms with E-state index in [1.165, 1.54) is 23.5 Å². The average molecular weight is 353 g/mol. The summed E-state index contributed by atoms with van der Waals surface area (Å²) in [5, 5.41) is 13.5. The Kier molecular flexibility index (Phi) is 3.93. The molecule has 0 bridgehead atoms. The molecular formula is C18H15N3O3S. The summed E-state index contributed by atoms with van der Waals surface area (Å²) >= 11 is 1.42. The first kappa shape index (κ1) is 15.7. The number of nitrogens with one attached hydrogen (secondary N) is 1. The Morgan fingerprint density at radius 2 is 2.16 bits per heavy atom. The number of ketones is 1. The first-order valence-corrected chi connectivity index (χ1v) is 8.90. The number of nitro benzene ring substituents is 1. The number of aromatic amines is 1. The quantitative estimate of drug-likeness (QED) is 0.395. The van der Waals surface area contributed by atoms with Crippen molar-refractivity contribution in [3.63, 3.8) is 0 Å². The number of Topliss-reactive ketones (excluding diaryl/α,β-unsaturated/α-hetero) is 1. The third kappa shape index (κ3) is 3.36. The molecule has 0 saturated heterocycles. The minimum atomic E-state index is -0.415. The summed E-state index contributed by atoms with van der Waals surface area (Å²) in [7, 11) is 0. The van der Waals surface area contributed by atoms with Gasteiger partial charge in [-0.3, -0.25) is 14.9 Å². The second kappa shape index (κ2) is 6.25. The largest absolute Gasteiger partial charge is 0.358 e.